The number of hydrogen-bond acceptors (Lipinski definition) is 3. The van der Waals surface area contributed by atoms with E-state index in [1.807, 2.05) is 32.0 Å². The summed E-state index contributed by atoms with van der Waals surface area (Å²) in [6.07, 6.45) is 0.727. The number of phenols is 1. The highest BCUT2D eigenvalue weighted by Gasteiger charge is 2.09. The second-order valence-corrected chi connectivity index (χ2v) is 4.76. The number of nitrogens with zero attached hydrogens (tertiary/aromatic N) is 1. The molecule has 2 N–H and O–H groups in total. The smallest absolute Gasteiger partial charge is 0.253 e. The zero-order valence-electron chi connectivity index (χ0n) is 11.7. The third kappa shape index (κ3) is 3.57. The van der Waals surface area contributed by atoms with E-state index in [2.05, 4.69) is 10.3 Å². The summed E-state index contributed by atoms with van der Waals surface area (Å²) in [5.74, 6) is 0.146. The molecule has 1 amide bonds. The molecule has 1 heterocycles. The summed E-state index contributed by atoms with van der Waals surface area (Å²) in [6.45, 7) is 4.29. The SMILES string of the molecule is Cc1ccc(C(=O)NCCc2ccc(O)cc2)c(C)n1. The molecule has 0 spiro atoms. The zero-order chi connectivity index (χ0) is 14.5. The third-order valence-corrected chi connectivity index (χ3v) is 3.11. The molecular weight excluding hydrogens is 252 g/mol. The van der Waals surface area contributed by atoms with Gasteiger partial charge in [0, 0.05) is 12.2 Å². The van der Waals surface area contributed by atoms with E-state index in [0.717, 1.165) is 23.4 Å². The largest absolute Gasteiger partial charge is 0.508 e. The van der Waals surface area contributed by atoms with Gasteiger partial charge in [-0.25, -0.2) is 0 Å². The number of rotatable bonds is 4. The lowest BCUT2D eigenvalue weighted by atomic mass is 10.1. The molecule has 4 heteroatoms. The fourth-order valence-corrected chi connectivity index (χ4v) is 2.00. The standard InChI is InChI=1S/C16H18N2O2/c1-11-3-8-15(12(2)18-11)16(20)17-10-9-13-4-6-14(19)7-5-13/h3-8,19H,9-10H2,1-2H3,(H,17,20). The summed E-state index contributed by atoms with van der Waals surface area (Å²) in [4.78, 5) is 16.3. The average molecular weight is 270 g/mol. The van der Waals surface area contributed by atoms with E-state index in [4.69, 9.17) is 0 Å². The quantitative estimate of drug-likeness (QED) is 0.896. The van der Waals surface area contributed by atoms with Gasteiger partial charge in [0.05, 0.1) is 11.3 Å². The predicted octanol–water partition coefficient (Wildman–Crippen LogP) is 2.38. The van der Waals surface area contributed by atoms with Crippen LogP contribution in [-0.4, -0.2) is 22.5 Å². The molecule has 0 saturated carbocycles. The lowest BCUT2D eigenvalue weighted by Crippen LogP contribution is -2.26. The van der Waals surface area contributed by atoms with Crippen molar-refractivity contribution in [1.82, 2.24) is 10.3 Å². The lowest BCUT2D eigenvalue weighted by molar-refractivity contribution is 0.0953. The van der Waals surface area contributed by atoms with Crippen molar-refractivity contribution in [1.29, 1.82) is 0 Å². The average Bonchev–Trinajstić information content (AvgIpc) is 2.41. The first-order chi connectivity index (χ1) is 9.56. The number of aromatic hydroxyl groups is 1. The molecule has 0 aliphatic carbocycles. The van der Waals surface area contributed by atoms with Gasteiger partial charge in [0.25, 0.3) is 5.91 Å². The number of aromatic nitrogens is 1. The Labute approximate surface area is 118 Å². The third-order valence-electron chi connectivity index (χ3n) is 3.11. The molecule has 0 bridgehead atoms. The van der Waals surface area contributed by atoms with Gasteiger partial charge < -0.3 is 10.4 Å². The maximum absolute atomic E-state index is 12.0. The second-order valence-electron chi connectivity index (χ2n) is 4.76. The van der Waals surface area contributed by atoms with Crippen molar-refractivity contribution in [3.63, 3.8) is 0 Å². The van der Waals surface area contributed by atoms with Crippen LogP contribution in [0.5, 0.6) is 5.75 Å². The van der Waals surface area contributed by atoms with E-state index in [0.29, 0.717) is 12.1 Å². The predicted molar refractivity (Wildman–Crippen MR) is 77.9 cm³/mol. The molecular formula is C16H18N2O2. The van der Waals surface area contributed by atoms with E-state index in [9.17, 15) is 9.90 Å². The zero-order valence-corrected chi connectivity index (χ0v) is 11.7. The number of aryl methyl sites for hydroxylation is 2. The Bertz CT molecular complexity index is 606. The van der Waals surface area contributed by atoms with Crippen molar-refractivity contribution in [3.8, 4) is 5.75 Å². The first-order valence-electron chi connectivity index (χ1n) is 6.56. The Morgan fingerprint density at radius 1 is 1.15 bits per heavy atom. The first-order valence-corrected chi connectivity index (χ1v) is 6.56. The monoisotopic (exact) mass is 270 g/mol. The molecule has 1 aromatic carbocycles. The van der Waals surface area contributed by atoms with Crippen LogP contribution in [0, 0.1) is 13.8 Å². The van der Waals surface area contributed by atoms with Crippen LogP contribution in [0.1, 0.15) is 27.3 Å². The Morgan fingerprint density at radius 2 is 1.85 bits per heavy atom. The van der Waals surface area contributed by atoms with Gasteiger partial charge in [0.15, 0.2) is 0 Å². The van der Waals surface area contributed by atoms with Crippen molar-refractivity contribution < 1.29 is 9.90 Å². The van der Waals surface area contributed by atoms with Crippen LogP contribution in [0.4, 0.5) is 0 Å². The number of carbonyl (C=O) groups is 1. The van der Waals surface area contributed by atoms with E-state index >= 15 is 0 Å². The fourth-order valence-electron chi connectivity index (χ4n) is 2.00. The van der Waals surface area contributed by atoms with E-state index in [1.165, 1.54) is 0 Å². The molecule has 0 atom stereocenters. The summed E-state index contributed by atoms with van der Waals surface area (Å²) >= 11 is 0. The number of hydrogen-bond donors (Lipinski definition) is 2. The van der Waals surface area contributed by atoms with Crippen molar-refractivity contribution >= 4 is 5.91 Å². The molecule has 0 aliphatic heterocycles. The maximum Gasteiger partial charge on any atom is 0.253 e. The van der Waals surface area contributed by atoms with Gasteiger partial charge in [0.1, 0.15) is 5.75 Å². The number of nitrogens with one attached hydrogen (secondary N) is 1. The minimum Gasteiger partial charge on any atom is -0.508 e. The molecule has 20 heavy (non-hydrogen) atoms. The van der Waals surface area contributed by atoms with Gasteiger partial charge >= 0.3 is 0 Å². The van der Waals surface area contributed by atoms with Crippen LogP contribution in [0.2, 0.25) is 0 Å². The summed E-state index contributed by atoms with van der Waals surface area (Å²) in [5, 5.41) is 12.1. The number of benzene rings is 1. The normalized spacial score (nSPS) is 10.3. The summed E-state index contributed by atoms with van der Waals surface area (Å²) in [7, 11) is 0. The Morgan fingerprint density at radius 3 is 2.50 bits per heavy atom. The maximum atomic E-state index is 12.0. The Hall–Kier alpha value is -2.36. The fraction of sp³-hybridized carbons (Fsp3) is 0.250. The molecule has 0 unspecified atom stereocenters. The molecule has 0 saturated heterocycles. The van der Waals surface area contributed by atoms with E-state index in [-0.39, 0.29) is 11.7 Å². The number of pyridine rings is 1. The highest BCUT2D eigenvalue weighted by Crippen LogP contribution is 2.10. The van der Waals surface area contributed by atoms with Crippen LogP contribution in [0.25, 0.3) is 0 Å². The van der Waals surface area contributed by atoms with E-state index in [1.54, 1.807) is 18.2 Å². The lowest BCUT2D eigenvalue weighted by Gasteiger charge is -2.08. The number of carbonyl (C=O) groups excluding carboxylic acids is 1. The van der Waals surface area contributed by atoms with Gasteiger partial charge in [-0.05, 0) is 50.1 Å². The topological polar surface area (TPSA) is 62.2 Å². The van der Waals surface area contributed by atoms with Crippen LogP contribution < -0.4 is 5.32 Å². The molecule has 2 aromatic rings. The second kappa shape index (κ2) is 6.19. The molecule has 0 radical (unpaired) electrons. The van der Waals surface area contributed by atoms with Crippen molar-refractivity contribution in [2.75, 3.05) is 6.54 Å². The molecule has 0 fully saturated rings. The first kappa shape index (κ1) is 14.1. The van der Waals surface area contributed by atoms with Gasteiger partial charge in [-0.15, -0.1) is 0 Å². The van der Waals surface area contributed by atoms with Crippen molar-refractivity contribution in [2.24, 2.45) is 0 Å². The van der Waals surface area contributed by atoms with Gasteiger partial charge in [-0.1, -0.05) is 12.1 Å². The van der Waals surface area contributed by atoms with Gasteiger partial charge in [0.2, 0.25) is 0 Å². The van der Waals surface area contributed by atoms with Crippen LogP contribution in [-0.2, 0) is 6.42 Å². The number of phenolic OH excluding ortho intramolecular Hbond substituents is 1. The molecule has 104 valence electrons. The molecule has 0 aliphatic rings. The van der Waals surface area contributed by atoms with Gasteiger partial charge in [-0.3, -0.25) is 9.78 Å². The van der Waals surface area contributed by atoms with Crippen molar-refractivity contribution in [2.45, 2.75) is 20.3 Å². The van der Waals surface area contributed by atoms with Crippen LogP contribution >= 0.6 is 0 Å². The molecule has 4 nitrogen and oxygen atoms in total. The van der Waals surface area contributed by atoms with E-state index < -0.39 is 0 Å². The highest BCUT2D eigenvalue weighted by molar-refractivity contribution is 5.95. The molecule has 2 rings (SSSR count). The minimum absolute atomic E-state index is 0.103. The minimum atomic E-state index is -0.103. The van der Waals surface area contributed by atoms with Crippen molar-refractivity contribution in [3.05, 3.63) is 58.9 Å². The number of amides is 1. The highest BCUT2D eigenvalue weighted by atomic mass is 16.3. The summed E-state index contributed by atoms with van der Waals surface area (Å²) < 4.78 is 0. The summed E-state index contributed by atoms with van der Waals surface area (Å²) in [6, 6.07) is 10.6. The Kier molecular flexibility index (Phi) is 4.35. The Balaban J connectivity index is 1.90. The molecule has 1 aromatic heterocycles. The summed E-state index contributed by atoms with van der Waals surface area (Å²) in [5.41, 5.74) is 3.33. The van der Waals surface area contributed by atoms with Crippen LogP contribution in [0.15, 0.2) is 36.4 Å². The van der Waals surface area contributed by atoms with Gasteiger partial charge in [-0.2, -0.15) is 0 Å². The van der Waals surface area contributed by atoms with Crippen LogP contribution in [0.3, 0.4) is 0 Å².